The maximum atomic E-state index is 11.9. The minimum Gasteiger partial charge on any atom is -0.491 e. The zero-order valence-electron chi connectivity index (χ0n) is 17.8. The predicted octanol–water partition coefficient (Wildman–Crippen LogP) is 2.93. The predicted molar refractivity (Wildman–Crippen MR) is 122 cm³/mol. The van der Waals surface area contributed by atoms with Crippen molar-refractivity contribution in [1.82, 2.24) is 10.2 Å². The molecule has 0 bridgehead atoms. The lowest BCUT2D eigenvalue weighted by Crippen LogP contribution is -2.32. The molecule has 0 aliphatic carbocycles. The van der Waals surface area contributed by atoms with Gasteiger partial charge in [-0.3, -0.25) is 4.79 Å². The van der Waals surface area contributed by atoms with Crippen LogP contribution in [0.1, 0.15) is 18.9 Å². The smallest absolute Gasteiger partial charge is 0.260 e. The Balaban J connectivity index is 0.00000450. The molecule has 6 nitrogen and oxygen atoms in total. The number of hydrogen-bond acceptors (Lipinski definition) is 5. The van der Waals surface area contributed by atoms with E-state index in [-0.39, 0.29) is 31.5 Å². The molecule has 0 aliphatic heterocycles. The molecule has 0 saturated carbocycles. The van der Waals surface area contributed by atoms with Gasteiger partial charge in [0.05, 0.1) is 0 Å². The first-order chi connectivity index (χ1) is 14.1. The van der Waals surface area contributed by atoms with Gasteiger partial charge in [-0.2, -0.15) is 0 Å². The van der Waals surface area contributed by atoms with Crippen molar-refractivity contribution >= 4 is 18.3 Å². The largest absolute Gasteiger partial charge is 0.491 e. The normalized spacial score (nSPS) is 11.3. The van der Waals surface area contributed by atoms with Crippen molar-refractivity contribution in [3.63, 3.8) is 0 Å². The second-order valence-corrected chi connectivity index (χ2v) is 6.98. The van der Waals surface area contributed by atoms with Crippen molar-refractivity contribution in [3.05, 3.63) is 60.2 Å². The van der Waals surface area contributed by atoms with Crippen molar-refractivity contribution in [2.24, 2.45) is 0 Å². The molecule has 0 fully saturated rings. The van der Waals surface area contributed by atoms with Gasteiger partial charge in [-0.15, -0.1) is 12.4 Å². The minimum absolute atomic E-state index is 0. The zero-order chi connectivity index (χ0) is 20.9. The molecule has 30 heavy (non-hydrogen) atoms. The van der Waals surface area contributed by atoms with E-state index in [1.165, 1.54) is 0 Å². The molecule has 0 aliphatic rings. The number of likely N-dealkylation sites (N-methyl/N-ethyl adjacent to an activating group) is 1. The van der Waals surface area contributed by atoms with Crippen LogP contribution in [0.3, 0.4) is 0 Å². The third-order valence-corrected chi connectivity index (χ3v) is 4.43. The first kappa shape index (κ1) is 25.8. The Bertz CT molecular complexity index is 713. The number of carbonyl (C=O) groups excluding carboxylic acids is 1. The number of halogens is 1. The second kappa shape index (κ2) is 14.7. The molecular formula is C23H33ClN2O4. The molecule has 7 heteroatoms. The van der Waals surface area contributed by atoms with E-state index in [4.69, 9.17) is 9.47 Å². The fourth-order valence-electron chi connectivity index (χ4n) is 2.74. The van der Waals surface area contributed by atoms with Crippen LogP contribution < -0.4 is 14.8 Å². The first-order valence-electron chi connectivity index (χ1n) is 10.1. The Morgan fingerprint density at radius 1 is 1.07 bits per heavy atom. The summed E-state index contributed by atoms with van der Waals surface area (Å²) in [7, 11) is 1.79. The van der Waals surface area contributed by atoms with Crippen LogP contribution in [0.4, 0.5) is 0 Å². The summed E-state index contributed by atoms with van der Waals surface area (Å²) in [5.74, 6) is 1.43. The van der Waals surface area contributed by atoms with Crippen LogP contribution in [-0.2, 0) is 11.2 Å². The summed E-state index contributed by atoms with van der Waals surface area (Å²) in [6.07, 6.45) is 1.21. The quantitative estimate of drug-likeness (QED) is 0.472. The van der Waals surface area contributed by atoms with Gasteiger partial charge in [0.25, 0.3) is 5.91 Å². The van der Waals surface area contributed by atoms with Crippen molar-refractivity contribution in [2.45, 2.75) is 25.9 Å². The third kappa shape index (κ3) is 9.96. The van der Waals surface area contributed by atoms with Crippen LogP contribution in [0.15, 0.2) is 54.6 Å². The summed E-state index contributed by atoms with van der Waals surface area (Å²) in [6, 6.07) is 17.2. The highest BCUT2D eigenvalue weighted by Gasteiger charge is 2.08. The molecular weight excluding hydrogens is 404 g/mol. The highest BCUT2D eigenvalue weighted by Crippen LogP contribution is 2.13. The van der Waals surface area contributed by atoms with E-state index in [1.54, 1.807) is 11.9 Å². The average molecular weight is 437 g/mol. The number of aliphatic hydroxyl groups is 1. The van der Waals surface area contributed by atoms with E-state index in [0.717, 1.165) is 37.2 Å². The van der Waals surface area contributed by atoms with E-state index >= 15 is 0 Å². The number of nitrogens with one attached hydrogen (secondary N) is 1. The van der Waals surface area contributed by atoms with Crippen LogP contribution in [0, 0.1) is 0 Å². The molecule has 0 heterocycles. The molecule has 1 atom stereocenters. The summed E-state index contributed by atoms with van der Waals surface area (Å²) >= 11 is 0. The van der Waals surface area contributed by atoms with Gasteiger partial charge in [0.1, 0.15) is 24.2 Å². The van der Waals surface area contributed by atoms with E-state index in [1.807, 2.05) is 61.5 Å². The van der Waals surface area contributed by atoms with Gasteiger partial charge in [-0.05, 0) is 49.2 Å². The fraction of sp³-hybridized carbons (Fsp3) is 0.435. The molecule has 1 amide bonds. The van der Waals surface area contributed by atoms with Gasteiger partial charge >= 0.3 is 0 Å². The van der Waals surface area contributed by atoms with Crippen LogP contribution in [0.25, 0.3) is 0 Å². The number of amides is 1. The lowest BCUT2D eigenvalue weighted by atomic mass is 10.1. The fourth-order valence-corrected chi connectivity index (χ4v) is 2.74. The number of carbonyl (C=O) groups is 1. The number of aliphatic hydroxyl groups excluding tert-OH is 1. The van der Waals surface area contributed by atoms with E-state index in [9.17, 15) is 9.90 Å². The van der Waals surface area contributed by atoms with Crippen LogP contribution in [0.2, 0.25) is 0 Å². The molecule has 1 unspecified atom stereocenters. The highest BCUT2D eigenvalue weighted by atomic mass is 35.5. The molecule has 0 radical (unpaired) electrons. The maximum Gasteiger partial charge on any atom is 0.260 e. The Morgan fingerprint density at radius 3 is 2.40 bits per heavy atom. The first-order valence-corrected chi connectivity index (χ1v) is 10.1. The Kier molecular flexibility index (Phi) is 12.6. The van der Waals surface area contributed by atoms with Gasteiger partial charge in [-0.25, -0.2) is 0 Å². The van der Waals surface area contributed by atoms with Gasteiger partial charge in [0, 0.05) is 20.1 Å². The Labute approximate surface area is 185 Å². The zero-order valence-corrected chi connectivity index (χ0v) is 18.6. The van der Waals surface area contributed by atoms with Gasteiger partial charge in [0.2, 0.25) is 0 Å². The van der Waals surface area contributed by atoms with Crippen LogP contribution in [-0.4, -0.2) is 61.9 Å². The molecule has 0 aromatic heterocycles. The second-order valence-electron chi connectivity index (χ2n) is 6.98. The van der Waals surface area contributed by atoms with Crippen LogP contribution in [0.5, 0.6) is 11.5 Å². The van der Waals surface area contributed by atoms with Crippen molar-refractivity contribution in [3.8, 4) is 11.5 Å². The molecule has 2 aromatic carbocycles. The topological polar surface area (TPSA) is 71.0 Å². The summed E-state index contributed by atoms with van der Waals surface area (Å²) in [5, 5.41) is 13.2. The molecule has 2 rings (SSSR count). The maximum absolute atomic E-state index is 11.9. The lowest BCUT2D eigenvalue weighted by Gasteiger charge is -2.16. The van der Waals surface area contributed by atoms with E-state index in [0.29, 0.717) is 12.3 Å². The molecule has 0 saturated heterocycles. The van der Waals surface area contributed by atoms with Gasteiger partial charge in [-0.1, -0.05) is 37.3 Å². The van der Waals surface area contributed by atoms with Crippen LogP contribution >= 0.6 is 12.4 Å². The Morgan fingerprint density at radius 2 is 1.73 bits per heavy atom. The molecule has 2 N–H and O–H groups in total. The van der Waals surface area contributed by atoms with E-state index < -0.39 is 6.10 Å². The number of para-hydroxylation sites is 1. The van der Waals surface area contributed by atoms with Crippen molar-refractivity contribution in [1.29, 1.82) is 0 Å². The third-order valence-electron chi connectivity index (χ3n) is 4.43. The molecule has 166 valence electrons. The molecule has 0 spiro atoms. The standard InChI is InChI=1S/C23H32N2O4.ClH/c1-3-15-25(2)23(27)18-29-22-11-9-19(10-12-22)13-14-24-16-20(26)17-28-21-7-5-4-6-8-21;/h4-12,20,24,26H,3,13-18H2,1-2H3;1H. The number of ether oxygens (including phenoxy) is 2. The summed E-state index contributed by atoms with van der Waals surface area (Å²) in [4.78, 5) is 13.6. The van der Waals surface area contributed by atoms with Crippen molar-refractivity contribution < 1.29 is 19.4 Å². The summed E-state index contributed by atoms with van der Waals surface area (Å²) < 4.78 is 11.1. The number of rotatable bonds is 13. The summed E-state index contributed by atoms with van der Waals surface area (Å²) in [6.45, 7) is 4.32. The monoisotopic (exact) mass is 436 g/mol. The van der Waals surface area contributed by atoms with Gasteiger partial charge in [0.15, 0.2) is 6.61 Å². The number of benzene rings is 2. The SMILES string of the molecule is CCCN(C)C(=O)COc1ccc(CCNCC(O)COc2ccccc2)cc1.Cl. The number of nitrogens with zero attached hydrogens (tertiary/aromatic N) is 1. The summed E-state index contributed by atoms with van der Waals surface area (Å²) in [5.41, 5.74) is 1.16. The average Bonchev–Trinajstić information content (AvgIpc) is 2.75. The minimum atomic E-state index is -0.561. The van der Waals surface area contributed by atoms with Crippen molar-refractivity contribution in [2.75, 3.05) is 39.9 Å². The number of hydrogen-bond donors (Lipinski definition) is 2. The highest BCUT2D eigenvalue weighted by molar-refractivity contribution is 5.85. The Hall–Kier alpha value is -2.28. The van der Waals surface area contributed by atoms with E-state index in [2.05, 4.69) is 5.32 Å². The molecule has 2 aromatic rings. The van der Waals surface area contributed by atoms with Gasteiger partial charge < -0.3 is 24.8 Å². The lowest BCUT2D eigenvalue weighted by molar-refractivity contribution is -0.132.